The average Bonchev–Trinajstić information content (AvgIpc) is 2.77. The predicted octanol–water partition coefficient (Wildman–Crippen LogP) is 3.78. The summed E-state index contributed by atoms with van der Waals surface area (Å²) in [6, 6.07) is 4.42. The Morgan fingerprint density at radius 1 is 1.23 bits per heavy atom. The molecule has 0 aliphatic carbocycles. The molecule has 5 nitrogen and oxygen atoms in total. The number of carbonyl (C=O) groups is 1. The summed E-state index contributed by atoms with van der Waals surface area (Å²) in [5, 5.41) is 16.4. The first-order valence-corrected chi connectivity index (χ1v) is 10.4. The Hall–Kier alpha value is -1.85. The van der Waals surface area contributed by atoms with E-state index >= 15 is 0 Å². The number of amides is 1. The number of hydrogen-bond acceptors (Lipinski definition) is 4. The van der Waals surface area contributed by atoms with E-state index in [1.54, 1.807) is 0 Å². The Labute approximate surface area is 191 Å². The maximum atomic E-state index is 14.8. The van der Waals surface area contributed by atoms with Crippen LogP contribution < -0.4 is 10.6 Å². The van der Waals surface area contributed by atoms with E-state index in [0.717, 1.165) is 18.6 Å². The number of carbonyl (C=O) groups excluding carboxylic acids is 1. The number of nitrogens with one attached hydrogen (secondary N) is 2. The molecular weight excluding hydrogens is 510 g/mol. The first kappa shape index (κ1) is 16.8. The molecule has 0 saturated carbocycles. The lowest BCUT2D eigenvalue weighted by Crippen LogP contribution is -2.72. The molecule has 0 aromatic heterocycles. The van der Waals surface area contributed by atoms with Crippen LogP contribution in [0.1, 0.15) is 35.1 Å². The highest BCUT2D eigenvalue weighted by atomic mass is 127. The van der Waals surface area contributed by atoms with Gasteiger partial charge in [-0.25, -0.2) is 13.2 Å². The fraction of sp³-hybridized carbons (Fsp3) is 0.381. The van der Waals surface area contributed by atoms with Crippen molar-refractivity contribution < 1.29 is 28.6 Å². The summed E-state index contributed by atoms with van der Waals surface area (Å²) in [6.07, 6.45) is 1.71. The van der Waals surface area contributed by atoms with E-state index in [4.69, 9.17) is 5.48 Å². The zero-order valence-electron chi connectivity index (χ0n) is 19.6. The van der Waals surface area contributed by atoms with Crippen molar-refractivity contribution in [2.75, 3.05) is 24.9 Å². The SMILES string of the molecule is [2H]C1([2H])N(C(=O)c2ccc(F)c(F)c2Nc2ccc(I)cc2F)C([2H])([2H])C1(O)[C@@H]1CCCCN1. The highest BCUT2D eigenvalue weighted by Gasteiger charge is 2.49. The molecule has 0 unspecified atom stereocenters. The Balaban J connectivity index is 1.74. The monoisotopic (exact) mass is 535 g/mol. The fourth-order valence-electron chi connectivity index (χ4n) is 3.50. The maximum Gasteiger partial charge on any atom is 0.256 e. The second-order valence-corrected chi connectivity index (χ2v) is 8.41. The number of nitrogens with zero attached hydrogens (tertiary/aromatic N) is 1. The van der Waals surface area contributed by atoms with E-state index in [0.29, 0.717) is 29.0 Å². The third-order valence-corrected chi connectivity index (χ3v) is 5.77. The van der Waals surface area contributed by atoms with Gasteiger partial charge in [-0.1, -0.05) is 6.42 Å². The second kappa shape index (κ2) is 8.35. The third kappa shape index (κ3) is 4.02. The maximum absolute atomic E-state index is 14.8. The van der Waals surface area contributed by atoms with Crippen LogP contribution >= 0.6 is 22.6 Å². The zero-order valence-corrected chi connectivity index (χ0v) is 17.8. The molecule has 30 heavy (non-hydrogen) atoms. The van der Waals surface area contributed by atoms with Crippen LogP contribution in [0, 0.1) is 21.0 Å². The van der Waals surface area contributed by atoms with Gasteiger partial charge in [0, 0.05) is 9.61 Å². The van der Waals surface area contributed by atoms with Gasteiger partial charge in [0.05, 0.1) is 35.4 Å². The van der Waals surface area contributed by atoms with Crippen LogP contribution in [0.5, 0.6) is 0 Å². The summed E-state index contributed by atoms with van der Waals surface area (Å²) in [5.41, 5.74) is -4.24. The van der Waals surface area contributed by atoms with Crippen molar-refractivity contribution in [3.63, 3.8) is 0 Å². The fourth-order valence-corrected chi connectivity index (χ4v) is 3.96. The van der Waals surface area contributed by atoms with Crippen molar-refractivity contribution in [1.29, 1.82) is 0 Å². The third-order valence-electron chi connectivity index (χ3n) is 5.10. The van der Waals surface area contributed by atoms with Gasteiger partial charge in [-0.05, 0) is 72.3 Å². The Morgan fingerprint density at radius 2 is 2.00 bits per heavy atom. The van der Waals surface area contributed by atoms with Gasteiger partial charge in [0.2, 0.25) is 0 Å². The first-order valence-electron chi connectivity index (χ1n) is 11.3. The number of hydrogen-bond donors (Lipinski definition) is 3. The molecule has 0 spiro atoms. The molecule has 2 aliphatic rings. The minimum absolute atomic E-state index is 0.179. The Kier molecular flexibility index (Phi) is 4.68. The standard InChI is InChI=1S/C21H21F3IN3O2/c22-14-6-5-13(19(18(14)24)27-16-7-4-12(25)9-15(16)23)20(29)28-10-21(30,11-28)17-3-1-2-8-26-17/h4-7,9,17,26-27,30H,1-3,8,10-11H2/t17-/m0/s1/i10D2,11D2. The van der Waals surface area contributed by atoms with Crippen LogP contribution in [-0.2, 0) is 0 Å². The van der Waals surface area contributed by atoms with Gasteiger partial charge in [-0.3, -0.25) is 4.79 Å². The van der Waals surface area contributed by atoms with Gasteiger partial charge < -0.3 is 20.6 Å². The summed E-state index contributed by atoms with van der Waals surface area (Å²) in [4.78, 5) is 13.5. The van der Waals surface area contributed by atoms with E-state index in [9.17, 15) is 23.1 Å². The molecule has 2 saturated heterocycles. The Morgan fingerprint density at radius 3 is 2.67 bits per heavy atom. The van der Waals surface area contributed by atoms with Crippen molar-refractivity contribution in [2.24, 2.45) is 0 Å². The van der Waals surface area contributed by atoms with Gasteiger partial charge in [-0.15, -0.1) is 0 Å². The number of anilines is 2. The van der Waals surface area contributed by atoms with Crippen LogP contribution in [0.25, 0.3) is 0 Å². The molecule has 1 amide bonds. The molecule has 0 radical (unpaired) electrons. The topological polar surface area (TPSA) is 64.6 Å². The molecule has 2 aromatic rings. The smallest absolute Gasteiger partial charge is 0.256 e. The summed E-state index contributed by atoms with van der Waals surface area (Å²) in [5.74, 6) is -5.00. The molecule has 2 aromatic carbocycles. The van der Waals surface area contributed by atoms with Crippen molar-refractivity contribution in [1.82, 2.24) is 10.2 Å². The molecular formula is C21H21F3IN3O2. The summed E-state index contributed by atoms with van der Waals surface area (Å²) >= 11 is 1.86. The molecule has 0 bridgehead atoms. The highest BCUT2D eigenvalue weighted by Crippen LogP contribution is 2.34. The molecule has 2 heterocycles. The van der Waals surface area contributed by atoms with Gasteiger partial charge in [0.1, 0.15) is 11.4 Å². The summed E-state index contributed by atoms with van der Waals surface area (Å²) in [7, 11) is 0. The number of piperidine rings is 1. The zero-order chi connectivity index (χ0) is 25.1. The lowest BCUT2D eigenvalue weighted by Gasteiger charge is -2.51. The largest absolute Gasteiger partial charge is 0.385 e. The van der Waals surface area contributed by atoms with E-state index < -0.39 is 59.2 Å². The number of likely N-dealkylation sites (tertiary alicyclic amines) is 1. The number of aliphatic hydroxyl groups is 1. The van der Waals surface area contributed by atoms with Crippen LogP contribution in [0.15, 0.2) is 30.3 Å². The van der Waals surface area contributed by atoms with Crippen molar-refractivity contribution >= 4 is 39.9 Å². The molecule has 2 aliphatic heterocycles. The minimum Gasteiger partial charge on any atom is -0.385 e. The van der Waals surface area contributed by atoms with E-state index in [1.165, 1.54) is 12.1 Å². The van der Waals surface area contributed by atoms with Crippen molar-refractivity contribution in [3.05, 3.63) is 56.9 Å². The van der Waals surface area contributed by atoms with Crippen LogP contribution in [0.4, 0.5) is 24.5 Å². The van der Waals surface area contributed by atoms with Crippen LogP contribution in [0.2, 0.25) is 0 Å². The van der Waals surface area contributed by atoms with E-state index in [1.807, 2.05) is 22.6 Å². The van der Waals surface area contributed by atoms with Gasteiger partial charge in [-0.2, -0.15) is 0 Å². The average molecular weight is 535 g/mol. The second-order valence-electron chi connectivity index (χ2n) is 7.17. The van der Waals surface area contributed by atoms with E-state index in [-0.39, 0.29) is 10.6 Å². The van der Waals surface area contributed by atoms with Crippen molar-refractivity contribution in [3.8, 4) is 0 Å². The molecule has 3 N–H and O–H groups in total. The van der Waals surface area contributed by atoms with Crippen molar-refractivity contribution in [2.45, 2.75) is 30.9 Å². The molecule has 4 rings (SSSR count). The van der Waals surface area contributed by atoms with E-state index in [2.05, 4.69) is 10.6 Å². The van der Waals surface area contributed by atoms with Gasteiger partial charge in [0.25, 0.3) is 5.91 Å². The van der Waals surface area contributed by atoms with Crippen LogP contribution in [-0.4, -0.2) is 47.1 Å². The normalized spacial score (nSPS) is 25.9. The lowest BCUT2D eigenvalue weighted by molar-refractivity contribution is -0.108. The molecule has 1 atom stereocenters. The van der Waals surface area contributed by atoms with Gasteiger partial charge in [0.15, 0.2) is 11.6 Å². The summed E-state index contributed by atoms with van der Waals surface area (Å²) in [6.45, 7) is -5.30. The molecule has 9 heteroatoms. The minimum atomic E-state index is -2.88. The number of benzene rings is 2. The lowest BCUT2D eigenvalue weighted by atomic mass is 9.81. The Bertz CT molecular complexity index is 1130. The predicted molar refractivity (Wildman–Crippen MR) is 115 cm³/mol. The van der Waals surface area contributed by atoms with Gasteiger partial charge >= 0.3 is 0 Å². The summed E-state index contributed by atoms with van der Waals surface area (Å²) < 4.78 is 77.2. The number of rotatable bonds is 4. The van der Waals surface area contributed by atoms with Crippen LogP contribution in [0.3, 0.4) is 0 Å². The quantitative estimate of drug-likeness (QED) is 0.522. The highest BCUT2D eigenvalue weighted by molar-refractivity contribution is 14.1. The number of β-amino-alcohol motifs (C(OH)–C–C–N with tert-alkyl or cyclic N) is 1. The first-order chi connectivity index (χ1) is 15.8. The molecule has 2 fully saturated rings. The molecule has 160 valence electrons. The number of halogens is 4.